The van der Waals surface area contributed by atoms with Gasteiger partial charge in [-0.1, -0.05) is 6.08 Å². The zero-order chi connectivity index (χ0) is 15.2. The molecular weight excluding hydrogens is 270 g/mol. The minimum absolute atomic E-state index is 0.344. The number of hydrogen-bond donors (Lipinski definition) is 4. The van der Waals surface area contributed by atoms with Gasteiger partial charge in [-0.2, -0.15) is 5.10 Å². The maximum atomic E-state index is 10.9. The van der Waals surface area contributed by atoms with E-state index in [4.69, 9.17) is 10.8 Å². The van der Waals surface area contributed by atoms with Crippen LogP contribution in [-0.4, -0.2) is 26.4 Å². The summed E-state index contributed by atoms with van der Waals surface area (Å²) in [7, 11) is 0. The van der Waals surface area contributed by atoms with Crippen LogP contribution in [0, 0.1) is 0 Å². The molecule has 110 valence electrons. The second kappa shape index (κ2) is 6.67. The molecule has 0 spiro atoms. The molecule has 1 atom stereocenters. The van der Waals surface area contributed by atoms with E-state index in [1.807, 2.05) is 12.1 Å². The van der Waals surface area contributed by atoms with E-state index in [1.165, 1.54) is 0 Å². The lowest BCUT2D eigenvalue weighted by Gasteiger charge is -2.15. The second-order valence-electron chi connectivity index (χ2n) is 4.46. The number of H-pyrrole nitrogens is 1. The summed E-state index contributed by atoms with van der Waals surface area (Å²) in [6, 6.07) is 3.22. The second-order valence-corrected chi connectivity index (χ2v) is 4.46. The Morgan fingerprint density at radius 2 is 2.43 bits per heavy atom. The van der Waals surface area contributed by atoms with E-state index in [2.05, 4.69) is 27.1 Å². The monoisotopic (exact) mass is 287 g/mol. The van der Waals surface area contributed by atoms with Crippen LogP contribution in [0.3, 0.4) is 0 Å². The average Bonchev–Trinajstić information content (AvgIpc) is 2.95. The van der Waals surface area contributed by atoms with Crippen molar-refractivity contribution in [2.45, 2.75) is 19.0 Å². The predicted molar refractivity (Wildman–Crippen MR) is 78.4 cm³/mol. The number of nitrogens with two attached hydrogens (primary N) is 1. The Balaban J connectivity index is 2.35. The summed E-state index contributed by atoms with van der Waals surface area (Å²) in [5.41, 5.74) is 8.86. The number of aromatic nitrogens is 3. The van der Waals surface area contributed by atoms with Crippen molar-refractivity contribution in [3.05, 3.63) is 48.6 Å². The first-order chi connectivity index (χ1) is 10.2. The van der Waals surface area contributed by atoms with Crippen LogP contribution in [0.5, 0.6) is 0 Å². The third-order valence-electron chi connectivity index (χ3n) is 3.07. The molecule has 2 aromatic heterocycles. The number of aromatic amines is 1. The highest BCUT2D eigenvalue weighted by molar-refractivity contribution is 5.67. The van der Waals surface area contributed by atoms with Crippen molar-refractivity contribution in [1.82, 2.24) is 20.5 Å². The highest BCUT2D eigenvalue weighted by atomic mass is 16.4. The van der Waals surface area contributed by atoms with E-state index in [-0.39, 0.29) is 0 Å². The van der Waals surface area contributed by atoms with Gasteiger partial charge >= 0.3 is 6.09 Å². The lowest BCUT2D eigenvalue weighted by Crippen LogP contribution is -2.27. The van der Waals surface area contributed by atoms with Gasteiger partial charge in [-0.15, -0.1) is 6.58 Å². The first kappa shape index (κ1) is 14.7. The molecule has 1 amide bonds. The lowest BCUT2D eigenvalue weighted by molar-refractivity contribution is 0.189. The van der Waals surface area contributed by atoms with Crippen molar-refractivity contribution in [3.8, 4) is 11.1 Å². The highest BCUT2D eigenvalue weighted by Gasteiger charge is 2.15. The molecule has 7 nitrogen and oxygen atoms in total. The Labute approximate surface area is 121 Å². The summed E-state index contributed by atoms with van der Waals surface area (Å²) in [4.78, 5) is 15.1. The summed E-state index contributed by atoms with van der Waals surface area (Å²) in [5.74, 6) is 0. The number of amides is 1. The van der Waals surface area contributed by atoms with Crippen molar-refractivity contribution >= 4 is 6.09 Å². The van der Waals surface area contributed by atoms with Crippen molar-refractivity contribution in [3.63, 3.8) is 0 Å². The molecule has 0 aliphatic carbocycles. The molecule has 0 unspecified atom stereocenters. The Morgan fingerprint density at radius 3 is 3.10 bits per heavy atom. The summed E-state index contributed by atoms with van der Waals surface area (Å²) in [6.45, 7) is 3.98. The summed E-state index contributed by atoms with van der Waals surface area (Å²) in [6.07, 6.45) is 4.34. The smallest absolute Gasteiger partial charge is 0.405 e. The maximum absolute atomic E-state index is 10.9. The molecule has 0 fully saturated rings. The lowest BCUT2D eigenvalue weighted by atomic mass is 10.0. The van der Waals surface area contributed by atoms with E-state index < -0.39 is 12.1 Å². The van der Waals surface area contributed by atoms with Crippen LogP contribution in [0.25, 0.3) is 11.1 Å². The van der Waals surface area contributed by atoms with Crippen LogP contribution < -0.4 is 11.1 Å². The minimum Gasteiger partial charge on any atom is -0.465 e. The quantitative estimate of drug-likeness (QED) is 0.604. The van der Waals surface area contributed by atoms with E-state index in [9.17, 15) is 4.79 Å². The molecule has 0 saturated heterocycles. The van der Waals surface area contributed by atoms with Gasteiger partial charge in [0, 0.05) is 18.3 Å². The van der Waals surface area contributed by atoms with Gasteiger partial charge in [-0.3, -0.25) is 10.1 Å². The molecule has 0 bridgehead atoms. The number of pyridine rings is 1. The molecule has 2 heterocycles. The van der Waals surface area contributed by atoms with Crippen molar-refractivity contribution in [2.24, 2.45) is 5.73 Å². The van der Waals surface area contributed by atoms with Gasteiger partial charge in [-0.25, -0.2) is 4.79 Å². The molecule has 0 aromatic carbocycles. The third kappa shape index (κ3) is 3.46. The van der Waals surface area contributed by atoms with E-state index in [1.54, 1.807) is 18.5 Å². The third-order valence-corrected chi connectivity index (χ3v) is 3.07. The zero-order valence-electron chi connectivity index (χ0n) is 11.4. The highest BCUT2D eigenvalue weighted by Crippen LogP contribution is 2.25. The van der Waals surface area contributed by atoms with Gasteiger partial charge in [0.15, 0.2) is 0 Å². The molecule has 21 heavy (non-hydrogen) atoms. The molecule has 0 aliphatic rings. The Kier molecular flexibility index (Phi) is 4.68. The van der Waals surface area contributed by atoms with E-state index >= 15 is 0 Å². The molecule has 0 radical (unpaired) electrons. The predicted octanol–water partition coefficient (Wildman–Crippen LogP) is 1.82. The van der Waals surface area contributed by atoms with Crippen molar-refractivity contribution < 1.29 is 9.90 Å². The molecule has 0 saturated carbocycles. The van der Waals surface area contributed by atoms with Crippen LogP contribution in [0.2, 0.25) is 0 Å². The maximum Gasteiger partial charge on any atom is 0.405 e. The largest absolute Gasteiger partial charge is 0.465 e. The average molecular weight is 287 g/mol. The number of carboxylic acid groups (broad SMARTS) is 1. The number of hydrogen-bond acceptors (Lipinski definition) is 4. The zero-order valence-corrected chi connectivity index (χ0v) is 11.4. The summed E-state index contributed by atoms with van der Waals surface area (Å²) < 4.78 is 0. The fourth-order valence-corrected chi connectivity index (χ4v) is 2.09. The molecule has 0 aliphatic heterocycles. The summed E-state index contributed by atoms with van der Waals surface area (Å²) >= 11 is 0. The fourth-order valence-electron chi connectivity index (χ4n) is 2.09. The Morgan fingerprint density at radius 1 is 1.62 bits per heavy atom. The number of nitrogens with one attached hydrogen (secondary N) is 2. The van der Waals surface area contributed by atoms with Crippen molar-refractivity contribution in [1.29, 1.82) is 0 Å². The molecule has 2 aromatic rings. The molecule has 7 heteroatoms. The van der Waals surface area contributed by atoms with E-state index in [0.29, 0.717) is 18.7 Å². The Hall–Kier alpha value is -2.67. The number of carbonyl (C=O) groups is 1. The normalized spacial score (nSPS) is 11.9. The van der Waals surface area contributed by atoms with Crippen LogP contribution in [0.15, 0.2) is 37.2 Å². The van der Waals surface area contributed by atoms with Crippen LogP contribution >= 0.6 is 0 Å². The first-order valence-corrected chi connectivity index (χ1v) is 6.44. The number of nitrogens with zero attached hydrogens (tertiary/aromatic N) is 2. The SMILES string of the molecule is C=CC[C@H](NC(=O)O)c1cc(-c2cn[nH]c2CN)ccn1. The molecule has 2 rings (SSSR count). The standard InChI is InChI=1S/C14H17N5O2/c1-2-3-11(18-14(20)21)12-6-9(4-5-16-12)10-8-17-19-13(10)7-15/h2,4-6,8,11,18H,1,3,7,15H2,(H,17,19)(H,20,21)/t11-/m0/s1. The van der Waals surface area contributed by atoms with Gasteiger partial charge in [0.2, 0.25) is 0 Å². The van der Waals surface area contributed by atoms with E-state index in [0.717, 1.165) is 16.8 Å². The van der Waals surface area contributed by atoms with Crippen LogP contribution in [0.4, 0.5) is 4.79 Å². The first-order valence-electron chi connectivity index (χ1n) is 6.44. The summed E-state index contributed by atoms with van der Waals surface area (Å²) in [5, 5.41) is 18.2. The van der Waals surface area contributed by atoms with Gasteiger partial charge < -0.3 is 16.2 Å². The minimum atomic E-state index is -1.10. The van der Waals surface area contributed by atoms with Crippen LogP contribution in [-0.2, 0) is 6.54 Å². The van der Waals surface area contributed by atoms with Crippen LogP contribution in [0.1, 0.15) is 23.9 Å². The Bertz CT molecular complexity index is 638. The topological polar surface area (TPSA) is 117 Å². The fraction of sp³-hybridized carbons (Fsp3) is 0.214. The molecule has 5 N–H and O–H groups in total. The van der Waals surface area contributed by atoms with Gasteiger partial charge in [0.05, 0.1) is 23.6 Å². The van der Waals surface area contributed by atoms with Crippen molar-refractivity contribution in [2.75, 3.05) is 0 Å². The van der Waals surface area contributed by atoms with Gasteiger partial charge in [0.25, 0.3) is 0 Å². The van der Waals surface area contributed by atoms with Gasteiger partial charge in [-0.05, 0) is 24.1 Å². The van der Waals surface area contributed by atoms with Gasteiger partial charge in [0.1, 0.15) is 0 Å². The number of rotatable bonds is 6. The molecular formula is C14H17N5O2.